The molecule has 9 nitrogen and oxygen atoms in total. The van der Waals surface area contributed by atoms with Crippen molar-refractivity contribution in [2.45, 2.75) is 13.8 Å². The number of hydrazone groups is 1. The number of aryl methyl sites for hydroxylation is 2. The Labute approximate surface area is 186 Å². The number of amides is 3. The van der Waals surface area contributed by atoms with E-state index in [9.17, 15) is 14.4 Å². The molecule has 3 amide bonds. The highest BCUT2D eigenvalue weighted by atomic mass is 16.5. The summed E-state index contributed by atoms with van der Waals surface area (Å²) < 4.78 is 10.8. The summed E-state index contributed by atoms with van der Waals surface area (Å²) in [6.45, 7) is 5.90. The van der Waals surface area contributed by atoms with E-state index >= 15 is 0 Å². The Bertz CT molecular complexity index is 978. The average Bonchev–Trinajstić information content (AvgIpc) is 2.81. The van der Waals surface area contributed by atoms with Crippen molar-refractivity contribution in [2.75, 3.05) is 38.2 Å². The highest BCUT2D eigenvalue weighted by Gasteiger charge is 2.17. The number of ether oxygens (including phenoxy) is 2. The molecule has 9 heteroatoms. The molecule has 2 N–H and O–H groups in total. The van der Waals surface area contributed by atoms with Gasteiger partial charge in [0.15, 0.2) is 6.61 Å². The second-order valence-electron chi connectivity index (χ2n) is 7.27. The van der Waals surface area contributed by atoms with Crippen molar-refractivity contribution in [1.82, 2.24) is 10.3 Å². The molecule has 168 valence electrons. The van der Waals surface area contributed by atoms with E-state index in [0.717, 1.165) is 11.1 Å². The zero-order chi connectivity index (χ0) is 22.9. The van der Waals surface area contributed by atoms with Crippen LogP contribution in [0.5, 0.6) is 5.75 Å². The minimum atomic E-state index is -0.870. The van der Waals surface area contributed by atoms with Crippen LogP contribution in [0.25, 0.3) is 0 Å². The van der Waals surface area contributed by atoms with Crippen molar-refractivity contribution in [1.29, 1.82) is 0 Å². The largest absolute Gasteiger partial charge is 0.484 e. The van der Waals surface area contributed by atoms with Gasteiger partial charge in [0.1, 0.15) is 5.75 Å². The van der Waals surface area contributed by atoms with Crippen LogP contribution in [0.4, 0.5) is 5.69 Å². The molecule has 0 saturated carbocycles. The summed E-state index contributed by atoms with van der Waals surface area (Å²) in [5.41, 5.74) is 5.23. The van der Waals surface area contributed by atoms with Crippen molar-refractivity contribution >= 4 is 29.6 Å². The number of nitrogens with zero attached hydrogens (tertiary/aromatic N) is 2. The molecule has 2 aromatic carbocycles. The van der Waals surface area contributed by atoms with E-state index in [0.29, 0.717) is 43.3 Å². The van der Waals surface area contributed by atoms with Crippen LogP contribution in [-0.2, 0) is 19.1 Å². The maximum Gasteiger partial charge on any atom is 0.329 e. The van der Waals surface area contributed by atoms with Crippen LogP contribution in [0.15, 0.2) is 47.6 Å². The third kappa shape index (κ3) is 6.39. The van der Waals surface area contributed by atoms with E-state index in [1.807, 2.05) is 32.0 Å². The van der Waals surface area contributed by atoms with Crippen LogP contribution in [0.2, 0.25) is 0 Å². The van der Waals surface area contributed by atoms with Crippen LogP contribution >= 0.6 is 0 Å². The maximum absolute atomic E-state index is 12.1. The molecule has 0 aliphatic carbocycles. The van der Waals surface area contributed by atoms with Crippen LogP contribution < -0.4 is 15.5 Å². The Hall–Kier alpha value is -3.72. The Morgan fingerprint density at radius 3 is 2.34 bits per heavy atom. The van der Waals surface area contributed by atoms with E-state index in [1.165, 1.54) is 6.21 Å². The van der Waals surface area contributed by atoms with Crippen molar-refractivity contribution < 1.29 is 23.9 Å². The lowest BCUT2D eigenvalue weighted by molar-refractivity contribution is -0.137. The lowest BCUT2D eigenvalue weighted by atomic mass is 10.1. The first-order chi connectivity index (χ1) is 15.4. The lowest BCUT2D eigenvalue weighted by Gasteiger charge is -2.26. The summed E-state index contributed by atoms with van der Waals surface area (Å²) in [7, 11) is 0. The number of morpholine rings is 1. The molecular formula is C23H26N4O5. The first-order valence-electron chi connectivity index (χ1n) is 10.2. The van der Waals surface area contributed by atoms with E-state index in [4.69, 9.17) is 9.47 Å². The van der Waals surface area contributed by atoms with Crippen molar-refractivity contribution in [2.24, 2.45) is 5.10 Å². The number of rotatable bonds is 6. The molecule has 2 aromatic rings. The van der Waals surface area contributed by atoms with Crippen LogP contribution in [-0.4, -0.2) is 61.7 Å². The number of para-hydroxylation sites is 1. The average molecular weight is 438 g/mol. The van der Waals surface area contributed by atoms with Crippen molar-refractivity contribution in [3.8, 4) is 5.75 Å². The number of benzene rings is 2. The summed E-state index contributed by atoms with van der Waals surface area (Å²) in [6.07, 6.45) is 1.41. The predicted molar refractivity (Wildman–Crippen MR) is 120 cm³/mol. The van der Waals surface area contributed by atoms with E-state index in [2.05, 4.69) is 15.8 Å². The third-order valence-corrected chi connectivity index (χ3v) is 4.91. The fraction of sp³-hybridized carbons (Fsp3) is 0.304. The summed E-state index contributed by atoms with van der Waals surface area (Å²) in [5.74, 6) is -1.21. The second kappa shape index (κ2) is 11.1. The van der Waals surface area contributed by atoms with Crippen LogP contribution in [0.3, 0.4) is 0 Å². The van der Waals surface area contributed by atoms with Gasteiger partial charge in [-0.1, -0.05) is 18.2 Å². The summed E-state index contributed by atoms with van der Waals surface area (Å²) in [6, 6.07) is 12.4. The van der Waals surface area contributed by atoms with Gasteiger partial charge >= 0.3 is 11.8 Å². The number of nitrogens with one attached hydrogen (secondary N) is 2. The molecule has 1 aliphatic rings. The van der Waals surface area contributed by atoms with Crippen LogP contribution in [0.1, 0.15) is 16.7 Å². The number of carbonyl (C=O) groups excluding carboxylic acids is 3. The summed E-state index contributed by atoms with van der Waals surface area (Å²) in [5, 5.41) is 6.42. The minimum Gasteiger partial charge on any atom is -0.484 e. The SMILES string of the molecule is Cc1cccc(C)c1NC(=O)C(=O)N/N=C\c1ccc(OCC(=O)N2CCOCC2)cc1. The van der Waals surface area contributed by atoms with Gasteiger partial charge in [-0.25, -0.2) is 5.43 Å². The Morgan fingerprint density at radius 2 is 1.69 bits per heavy atom. The molecule has 0 spiro atoms. The van der Waals surface area contributed by atoms with Gasteiger partial charge in [0.2, 0.25) is 0 Å². The fourth-order valence-corrected chi connectivity index (χ4v) is 3.10. The monoisotopic (exact) mass is 438 g/mol. The van der Waals surface area contributed by atoms with Crippen LogP contribution in [0, 0.1) is 13.8 Å². The fourth-order valence-electron chi connectivity index (χ4n) is 3.10. The zero-order valence-electron chi connectivity index (χ0n) is 18.1. The molecule has 0 aromatic heterocycles. The molecule has 32 heavy (non-hydrogen) atoms. The predicted octanol–water partition coefficient (Wildman–Crippen LogP) is 1.63. The molecule has 0 atom stereocenters. The Morgan fingerprint density at radius 1 is 1.03 bits per heavy atom. The Kier molecular flexibility index (Phi) is 7.93. The number of anilines is 1. The summed E-state index contributed by atoms with van der Waals surface area (Å²) >= 11 is 0. The molecule has 1 heterocycles. The number of carbonyl (C=O) groups is 3. The van der Waals surface area contributed by atoms with E-state index < -0.39 is 11.8 Å². The van der Waals surface area contributed by atoms with Crippen molar-refractivity contribution in [3.63, 3.8) is 0 Å². The standard InChI is InChI=1S/C23H26N4O5/c1-16-4-3-5-17(2)21(16)25-22(29)23(30)26-24-14-18-6-8-19(9-7-18)32-15-20(28)27-10-12-31-13-11-27/h3-9,14H,10-13,15H2,1-2H3,(H,25,29)(H,26,30)/b24-14-. The van der Waals surface area contributed by atoms with Gasteiger partial charge in [-0.15, -0.1) is 0 Å². The minimum absolute atomic E-state index is 0.0427. The topological polar surface area (TPSA) is 109 Å². The first kappa shape index (κ1) is 23.0. The quantitative estimate of drug-likeness (QED) is 0.405. The number of hydrogen-bond donors (Lipinski definition) is 2. The highest BCUT2D eigenvalue weighted by molar-refractivity contribution is 6.39. The summed E-state index contributed by atoms with van der Waals surface area (Å²) in [4.78, 5) is 37.9. The van der Waals surface area contributed by atoms with Gasteiger partial charge in [0, 0.05) is 18.8 Å². The second-order valence-corrected chi connectivity index (χ2v) is 7.27. The molecule has 3 rings (SSSR count). The van der Waals surface area contributed by atoms with Gasteiger partial charge in [0.05, 0.1) is 19.4 Å². The molecule has 1 saturated heterocycles. The van der Waals surface area contributed by atoms with E-state index in [-0.39, 0.29) is 12.5 Å². The zero-order valence-corrected chi connectivity index (χ0v) is 18.1. The Balaban J connectivity index is 1.45. The third-order valence-electron chi connectivity index (χ3n) is 4.91. The normalized spacial score (nSPS) is 13.6. The van der Waals surface area contributed by atoms with Gasteiger partial charge < -0.3 is 19.7 Å². The molecule has 0 radical (unpaired) electrons. The van der Waals surface area contributed by atoms with Gasteiger partial charge in [-0.05, 0) is 54.8 Å². The molecular weight excluding hydrogens is 412 g/mol. The molecule has 1 aliphatic heterocycles. The maximum atomic E-state index is 12.1. The van der Waals surface area contributed by atoms with E-state index in [1.54, 1.807) is 29.2 Å². The van der Waals surface area contributed by atoms with Gasteiger partial charge in [-0.2, -0.15) is 5.10 Å². The van der Waals surface area contributed by atoms with Gasteiger partial charge in [-0.3, -0.25) is 14.4 Å². The lowest BCUT2D eigenvalue weighted by Crippen LogP contribution is -2.42. The first-order valence-corrected chi connectivity index (χ1v) is 10.2. The highest BCUT2D eigenvalue weighted by Crippen LogP contribution is 2.19. The van der Waals surface area contributed by atoms with Gasteiger partial charge in [0.25, 0.3) is 5.91 Å². The van der Waals surface area contributed by atoms with Crippen molar-refractivity contribution in [3.05, 3.63) is 59.2 Å². The molecule has 1 fully saturated rings. The smallest absolute Gasteiger partial charge is 0.329 e. The number of hydrogen-bond acceptors (Lipinski definition) is 6. The molecule has 0 unspecified atom stereocenters. The molecule has 0 bridgehead atoms.